The first-order chi connectivity index (χ1) is 38.0. The number of nitrogens with zero attached hydrogens (tertiary/aromatic N) is 3. The molecule has 1 fully saturated rings. The molecule has 0 N–H and O–H groups in total. The van der Waals surface area contributed by atoms with Gasteiger partial charge in [0.25, 0.3) is 6.71 Å². The van der Waals surface area contributed by atoms with Crippen LogP contribution in [0.2, 0.25) is 0 Å². The molecule has 79 heavy (non-hydrogen) atoms. The van der Waals surface area contributed by atoms with Gasteiger partial charge in [0.05, 0.1) is 11.1 Å². The predicted octanol–water partition coefficient (Wildman–Crippen LogP) is 17.3. The molecule has 2 aliphatic carbocycles. The minimum Gasteiger partial charge on any atom is -0.334 e. The SMILES string of the molecule is CC(C)(C)c1cc2c3c(c1)C1(C)CCc4ccccc4C1(C)N3c1cc(N3c4ccc(C(C)(C)C)cc4C4(c5ccccc5)CCCCC34C)cc3c1B2c1cc(-c2ccccc2)ccc1N3c1ccc(-c2ccccc2)cc1. The van der Waals surface area contributed by atoms with Gasteiger partial charge in [-0.2, -0.15) is 0 Å². The van der Waals surface area contributed by atoms with Crippen LogP contribution >= 0.6 is 0 Å². The highest BCUT2D eigenvalue weighted by Gasteiger charge is 2.65. The molecule has 3 nitrogen and oxygen atoms in total. The summed E-state index contributed by atoms with van der Waals surface area (Å²) in [6, 6.07) is 78.2. The maximum Gasteiger partial charge on any atom is 0.252 e. The van der Waals surface area contributed by atoms with Gasteiger partial charge in [0, 0.05) is 50.6 Å². The lowest BCUT2D eigenvalue weighted by atomic mass is 9.33. The summed E-state index contributed by atoms with van der Waals surface area (Å²) in [6.45, 7) is 22.3. The van der Waals surface area contributed by atoms with Crippen LogP contribution in [0.5, 0.6) is 0 Å². The van der Waals surface area contributed by atoms with E-state index in [9.17, 15) is 0 Å². The normalized spacial score (nSPS) is 23.1. The molecule has 4 aliphatic heterocycles. The summed E-state index contributed by atoms with van der Waals surface area (Å²) in [5, 5.41) is 0. The Morgan fingerprint density at radius 3 is 1.73 bits per heavy atom. The predicted molar refractivity (Wildman–Crippen MR) is 335 cm³/mol. The summed E-state index contributed by atoms with van der Waals surface area (Å²) >= 11 is 0. The number of benzene rings is 9. The molecule has 4 heterocycles. The minimum atomic E-state index is -0.395. The van der Waals surface area contributed by atoms with Crippen LogP contribution in [0.25, 0.3) is 22.3 Å². The molecule has 0 amide bonds. The van der Waals surface area contributed by atoms with Crippen LogP contribution in [-0.4, -0.2) is 12.3 Å². The van der Waals surface area contributed by atoms with E-state index in [1.807, 2.05) is 0 Å². The van der Waals surface area contributed by atoms with E-state index in [2.05, 4.69) is 277 Å². The van der Waals surface area contributed by atoms with Crippen molar-refractivity contribution in [3.05, 3.63) is 239 Å². The summed E-state index contributed by atoms with van der Waals surface area (Å²) in [5.41, 5.74) is 27.2. The number of hydrogen-bond donors (Lipinski definition) is 0. The third-order valence-corrected chi connectivity index (χ3v) is 20.9. The summed E-state index contributed by atoms with van der Waals surface area (Å²) in [6.07, 6.45) is 6.71. The van der Waals surface area contributed by atoms with Crippen molar-refractivity contribution < 1.29 is 0 Å². The first-order valence-corrected chi connectivity index (χ1v) is 29.5. The van der Waals surface area contributed by atoms with Crippen LogP contribution in [0.3, 0.4) is 0 Å². The molecule has 4 atom stereocenters. The van der Waals surface area contributed by atoms with Crippen LogP contribution in [0.4, 0.5) is 39.8 Å². The molecule has 0 saturated heterocycles. The topological polar surface area (TPSA) is 9.72 Å². The Labute approximate surface area is 470 Å². The second-order valence-electron chi connectivity index (χ2n) is 26.9. The summed E-state index contributed by atoms with van der Waals surface area (Å²) < 4.78 is 0. The third kappa shape index (κ3) is 6.55. The van der Waals surface area contributed by atoms with E-state index >= 15 is 0 Å². The van der Waals surface area contributed by atoms with Gasteiger partial charge in [-0.1, -0.05) is 225 Å². The van der Waals surface area contributed by atoms with Crippen LogP contribution in [-0.2, 0) is 33.6 Å². The van der Waals surface area contributed by atoms with E-state index in [1.165, 1.54) is 130 Å². The smallest absolute Gasteiger partial charge is 0.252 e. The molecule has 9 aromatic rings. The van der Waals surface area contributed by atoms with Gasteiger partial charge in [-0.3, -0.25) is 0 Å². The molecule has 4 unspecified atom stereocenters. The fourth-order valence-corrected chi connectivity index (χ4v) is 16.6. The Morgan fingerprint density at radius 2 is 1.03 bits per heavy atom. The molecule has 390 valence electrons. The lowest BCUT2D eigenvalue weighted by Gasteiger charge is -2.54. The molecule has 0 bridgehead atoms. The van der Waals surface area contributed by atoms with Gasteiger partial charge in [0.2, 0.25) is 0 Å². The van der Waals surface area contributed by atoms with Crippen LogP contribution < -0.4 is 31.1 Å². The van der Waals surface area contributed by atoms with E-state index in [1.54, 1.807) is 0 Å². The van der Waals surface area contributed by atoms with Crippen molar-refractivity contribution in [1.82, 2.24) is 0 Å². The van der Waals surface area contributed by atoms with Crippen molar-refractivity contribution in [3.63, 3.8) is 0 Å². The van der Waals surface area contributed by atoms with Gasteiger partial charge in [-0.25, -0.2) is 0 Å². The quantitative estimate of drug-likeness (QED) is 0.159. The van der Waals surface area contributed by atoms with Gasteiger partial charge >= 0.3 is 0 Å². The molecule has 15 rings (SSSR count). The van der Waals surface area contributed by atoms with E-state index in [-0.39, 0.29) is 33.9 Å². The highest BCUT2D eigenvalue weighted by atomic mass is 15.3. The van der Waals surface area contributed by atoms with Crippen molar-refractivity contribution in [1.29, 1.82) is 0 Å². The zero-order chi connectivity index (χ0) is 54.0. The summed E-state index contributed by atoms with van der Waals surface area (Å²) in [4.78, 5) is 8.47. The standard InChI is InChI=1S/C75H72BN3/c1-70(2,3)55-34-38-64-60(44-55)75(54-28-17-12-18-29-54)41-22-21-40-73(75,8)78(64)58-47-66-68-67(48-58)79-69-61(72(7)42-39-52-27-19-20-30-59(52)74(72,79)9)45-56(71(4,5)6)46-63(69)76(68)62-43-53(50-25-15-11-16-26-50)33-37-65(62)77(66)57-35-31-51(32-36-57)49-23-13-10-14-24-49/h10-20,23-38,43-48H,21-22,39-42H2,1-9H3. The average molecular weight is 1030 g/mol. The fraction of sp³-hybridized carbons (Fsp3) is 0.280. The molecule has 4 heteroatoms. The van der Waals surface area contributed by atoms with Crippen molar-refractivity contribution >= 4 is 62.9 Å². The number of rotatable bonds is 5. The fourth-order valence-electron chi connectivity index (χ4n) is 16.6. The van der Waals surface area contributed by atoms with Crippen LogP contribution in [0, 0.1) is 0 Å². The van der Waals surface area contributed by atoms with Crippen molar-refractivity contribution in [3.8, 4) is 22.3 Å². The summed E-state index contributed by atoms with van der Waals surface area (Å²) in [5.74, 6) is 0. The molecule has 6 aliphatic rings. The average Bonchev–Trinajstić information content (AvgIpc) is 2.43. The first kappa shape index (κ1) is 48.6. The van der Waals surface area contributed by atoms with Gasteiger partial charge < -0.3 is 14.7 Å². The second kappa shape index (κ2) is 16.7. The zero-order valence-electron chi connectivity index (χ0n) is 47.7. The molecule has 0 spiro atoms. The number of aryl methyl sites for hydroxylation is 1. The largest absolute Gasteiger partial charge is 0.334 e. The van der Waals surface area contributed by atoms with Crippen molar-refractivity contribution in [2.45, 2.75) is 134 Å². The van der Waals surface area contributed by atoms with Gasteiger partial charge in [-0.05, 0) is 164 Å². The molecule has 0 aromatic heterocycles. The Hall–Kier alpha value is -7.56. The maximum absolute atomic E-state index is 2.93. The van der Waals surface area contributed by atoms with E-state index in [0.717, 1.165) is 25.7 Å². The number of hydrogen-bond acceptors (Lipinski definition) is 3. The Morgan fingerprint density at radius 1 is 0.430 bits per heavy atom. The highest BCUT2D eigenvalue weighted by Crippen LogP contribution is 2.68. The number of fused-ring (bicyclic) bond motifs is 12. The number of anilines is 7. The van der Waals surface area contributed by atoms with Crippen LogP contribution in [0.15, 0.2) is 200 Å². The van der Waals surface area contributed by atoms with Gasteiger partial charge in [0.15, 0.2) is 0 Å². The molecule has 0 radical (unpaired) electrons. The molecular weight excluding hydrogens is 954 g/mol. The van der Waals surface area contributed by atoms with E-state index < -0.39 is 5.54 Å². The lowest BCUT2D eigenvalue weighted by molar-refractivity contribution is 0.215. The van der Waals surface area contributed by atoms with Crippen LogP contribution in [0.1, 0.15) is 133 Å². The van der Waals surface area contributed by atoms with E-state index in [0.29, 0.717) is 0 Å². The molecule has 1 saturated carbocycles. The van der Waals surface area contributed by atoms with Crippen molar-refractivity contribution in [2.75, 3.05) is 14.7 Å². The minimum absolute atomic E-state index is 0.00713. The Kier molecular flexibility index (Phi) is 10.3. The van der Waals surface area contributed by atoms with Gasteiger partial charge in [0.1, 0.15) is 0 Å². The third-order valence-electron chi connectivity index (χ3n) is 20.9. The monoisotopic (exact) mass is 1030 g/mol. The maximum atomic E-state index is 2.93. The highest BCUT2D eigenvalue weighted by molar-refractivity contribution is 7.00. The lowest BCUT2D eigenvalue weighted by Crippen LogP contribution is -2.64. The Balaban J connectivity index is 1.08. The zero-order valence-corrected chi connectivity index (χ0v) is 47.7. The molecule has 9 aromatic carbocycles. The van der Waals surface area contributed by atoms with E-state index in [4.69, 9.17) is 0 Å². The van der Waals surface area contributed by atoms with Crippen molar-refractivity contribution in [2.24, 2.45) is 0 Å². The second-order valence-corrected chi connectivity index (χ2v) is 26.9. The first-order valence-electron chi connectivity index (χ1n) is 29.5. The summed E-state index contributed by atoms with van der Waals surface area (Å²) in [7, 11) is 0. The Bertz CT molecular complexity index is 3940. The van der Waals surface area contributed by atoms with Gasteiger partial charge in [-0.15, -0.1) is 0 Å². The molecular formula is C75H72BN3.